The number of morpholine rings is 1. The van der Waals surface area contributed by atoms with E-state index in [1.165, 1.54) is 23.5 Å². The number of ether oxygens (including phenoxy) is 1. The molecule has 1 fully saturated rings. The number of rotatable bonds is 10. The number of thioether (sulfide) groups is 1. The quantitative estimate of drug-likeness (QED) is 0.340. The van der Waals surface area contributed by atoms with Crippen molar-refractivity contribution in [1.82, 2.24) is 9.88 Å². The van der Waals surface area contributed by atoms with Gasteiger partial charge in [0.2, 0.25) is 5.91 Å². The predicted molar refractivity (Wildman–Crippen MR) is 144 cm³/mol. The number of thiazole rings is 1. The number of carbonyl (C=O) groups excluding carboxylic acids is 1. The number of fused-ring (bicyclic) bond motifs is 1. The van der Waals surface area contributed by atoms with Gasteiger partial charge < -0.3 is 4.74 Å². The lowest BCUT2D eigenvalue weighted by Crippen LogP contribution is -2.43. The van der Waals surface area contributed by atoms with Crippen molar-refractivity contribution in [3.05, 3.63) is 47.5 Å². The molecule has 0 N–H and O–H groups in total. The molecular weight excluding hydrogens is 526 g/mol. The molecule has 35 heavy (non-hydrogen) atoms. The Hall–Kier alpha value is -1.69. The van der Waals surface area contributed by atoms with Crippen molar-refractivity contribution >= 4 is 65.8 Å². The van der Waals surface area contributed by atoms with Gasteiger partial charge in [-0.15, -0.1) is 11.8 Å². The summed E-state index contributed by atoms with van der Waals surface area (Å²) in [5.41, 5.74) is 0.898. The van der Waals surface area contributed by atoms with Gasteiger partial charge in [0.05, 0.1) is 34.1 Å². The molecule has 0 atom stereocenters. The van der Waals surface area contributed by atoms with E-state index in [0.29, 0.717) is 36.5 Å². The Morgan fingerprint density at radius 1 is 1.20 bits per heavy atom. The summed E-state index contributed by atoms with van der Waals surface area (Å²) in [7, 11) is -3.49. The monoisotopic (exact) mass is 553 g/mol. The number of halogens is 1. The van der Waals surface area contributed by atoms with Gasteiger partial charge >= 0.3 is 0 Å². The van der Waals surface area contributed by atoms with Crippen molar-refractivity contribution in [2.75, 3.05) is 56.3 Å². The third kappa shape index (κ3) is 6.75. The molecule has 0 saturated carbocycles. The first kappa shape index (κ1) is 26.4. The van der Waals surface area contributed by atoms with Crippen LogP contribution in [0, 0.1) is 0 Å². The molecule has 0 unspecified atom stereocenters. The first-order chi connectivity index (χ1) is 16.9. The van der Waals surface area contributed by atoms with Gasteiger partial charge in [0, 0.05) is 42.5 Å². The Balaban J connectivity index is 1.48. The summed E-state index contributed by atoms with van der Waals surface area (Å²) in [6.07, 6.45) is 2.37. The maximum absolute atomic E-state index is 13.3. The van der Waals surface area contributed by atoms with E-state index in [-0.39, 0.29) is 29.4 Å². The van der Waals surface area contributed by atoms with Crippen LogP contribution in [0.15, 0.2) is 52.3 Å². The van der Waals surface area contributed by atoms with Crippen LogP contribution in [0.3, 0.4) is 0 Å². The van der Waals surface area contributed by atoms with Crippen LogP contribution in [0.2, 0.25) is 5.02 Å². The summed E-state index contributed by atoms with van der Waals surface area (Å²) in [5, 5.41) is 1.14. The molecule has 188 valence electrons. The van der Waals surface area contributed by atoms with E-state index in [9.17, 15) is 13.2 Å². The number of para-hydroxylation sites is 1. The lowest BCUT2D eigenvalue weighted by atomic mass is 10.3. The van der Waals surface area contributed by atoms with E-state index < -0.39 is 9.84 Å². The highest BCUT2D eigenvalue weighted by Crippen LogP contribution is 2.34. The molecule has 0 bridgehead atoms. The van der Waals surface area contributed by atoms with Crippen molar-refractivity contribution < 1.29 is 17.9 Å². The molecule has 2 heterocycles. The molecule has 4 rings (SSSR count). The largest absolute Gasteiger partial charge is 0.379 e. The highest BCUT2D eigenvalue weighted by Gasteiger charge is 2.23. The summed E-state index contributed by atoms with van der Waals surface area (Å²) in [6.45, 7) is 4.25. The molecule has 7 nitrogen and oxygen atoms in total. The molecule has 1 amide bonds. The molecule has 11 heteroatoms. The highest BCUT2D eigenvalue weighted by atomic mass is 35.5. The second-order valence-corrected chi connectivity index (χ2v) is 12.6. The van der Waals surface area contributed by atoms with Crippen LogP contribution < -0.4 is 4.90 Å². The van der Waals surface area contributed by atoms with Gasteiger partial charge in [-0.3, -0.25) is 14.6 Å². The minimum atomic E-state index is -3.49. The second kappa shape index (κ2) is 12.0. The lowest BCUT2D eigenvalue weighted by molar-refractivity contribution is -0.118. The molecule has 0 aliphatic carbocycles. The van der Waals surface area contributed by atoms with E-state index in [4.69, 9.17) is 21.3 Å². The first-order valence-electron chi connectivity index (χ1n) is 11.4. The fraction of sp³-hybridized carbons (Fsp3) is 0.417. The fourth-order valence-corrected chi connectivity index (χ4v) is 6.99. The van der Waals surface area contributed by atoms with E-state index in [0.717, 1.165) is 28.2 Å². The zero-order chi connectivity index (χ0) is 24.8. The van der Waals surface area contributed by atoms with Gasteiger partial charge in [0.1, 0.15) is 0 Å². The summed E-state index contributed by atoms with van der Waals surface area (Å²) in [6, 6.07) is 12.2. The number of nitrogens with zero attached hydrogens (tertiary/aromatic N) is 3. The Kier molecular flexibility index (Phi) is 9.07. The van der Waals surface area contributed by atoms with Crippen LogP contribution in [-0.4, -0.2) is 75.6 Å². The Labute approximate surface area is 219 Å². The molecule has 0 radical (unpaired) electrons. The Morgan fingerprint density at radius 2 is 1.94 bits per heavy atom. The summed E-state index contributed by atoms with van der Waals surface area (Å²) < 4.78 is 31.8. The van der Waals surface area contributed by atoms with Crippen LogP contribution in [0.5, 0.6) is 0 Å². The minimum Gasteiger partial charge on any atom is -0.379 e. The maximum Gasteiger partial charge on any atom is 0.228 e. The Morgan fingerprint density at radius 3 is 2.66 bits per heavy atom. The van der Waals surface area contributed by atoms with Gasteiger partial charge in [0.25, 0.3) is 0 Å². The SMILES string of the molecule is CSc1cccc2sc(N(CCN3CCOCC3)C(=O)CCCS(=O)(=O)c3ccc(Cl)cc3)nc12. The second-order valence-electron chi connectivity index (χ2n) is 8.18. The molecule has 2 aromatic carbocycles. The van der Waals surface area contributed by atoms with Gasteiger partial charge in [0.15, 0.2) is 15.0 Å². The van der Waals surface area contributed by atoms with Crippen molar-refractivity contribution in [1.29, 1.82) is 0 Å². The average Bonchev–Trinajstić information content (AvgIpc) is 3.29. The zero-order valence-corrected chi connectivity index (χ0v) is 22.7. The topological polar surface area (TPSA) is 79.8 Å². The molecule has 1 aliphatic rings. The van der Waals surface area contributed by atoms with Crippen LogP contribution in [0.1, 0.15) is 12.8 Å². The third-order valence-corrected chi connectivity index (χ3v) is 9.72. The van der Waals surface area contributed by atoms with E-state index >= 15 is 0 Å². The molecule has 3 aromatic rings. The van der Waals surface area contributed by atoms with Crippen molar-refractivity contribution in [2.45, 2.75) is 22.6 Å². The first-order valence-corrected chi connectivity index (χ1v) is 15.5. The Bertz CT molecular complexity index is 1260. The standard InChI is InChI=1S/C24H28ClN3O4S3/c1-33-20-4-2-5-21-23(20)26-24(34-21)28(12-11-27-13-15-32-16-14-27)22(29)6-3-17-35(30,31)19-9-7-18(25)8-10-19/h2,4-5,7-10H,3,6,11-17H2,1H3. The summed E-state index contributed by atoms with van der Waals surface area (Å²) >= 11 is 8.99. The van der Waals surface area contributed by atoms with E-state index in [1.807, 2.05) is 24.5 Å². The number of aromatic nitrogens is 1. The number of benzene rings is 2. The summed E-state index contributed by atoms with van der Waals surface area (Å²) in [5.74, 6) is -0.219. The summed E-state index contributed by atoms with van der Waals surface area (Å²) in [4.78, 5) is 23.4. The number of amides is 1. The maximum atomic E-state index is 13.3. The number of hydrogen-bond acceptors (Lipinski definition) is 8. The number of anilines is 1. The van der Waals surface area contributed by atoms with Crippen molar-refractivity contribution in [2.24, 2.45) is 0 Å². The molecular formula is C24H28ClN3O4S3. The molecule has 0 spiro atoms. The lowest BCUT2D eigenvalue weighted by Gasteiger charge is -2.29. The third-order valence-electron chi connectivity index (χ3n) is 5.84. The van der Waals surface area contributed by atoms with Gasteiger partial charge in [-0.05, 0) is 49.1 Å². The fourth-order valence-electron chi connectivity index (χ4n) is 3.89. The van der Waals surface area contributed by atoms with Crippen molar-refractivity contribution in [3.63, 3.8) is 0 Å². The minimum absolute atomic E-state index is 0.103. The molecule has 1 saturated heterocycles. The van der Waals surface area contributed by atoms with Crippen LogP contribution >= 0.6 is 34.7 Å². The van der Waals surface area contributed by atoms with Gasteiger partial charge in [-0.25, -0.2) is 13.4 Å². The highest BCUT2D eigenvalue weighted by molar-refractivity contribution is 7.98. The normalized spacial score (nSPS) is 14.9. The smallest absolute Gasteiger partial charge is 0.228 e. The van der Waals surface area contributed by atoms with E-state index in [2.05, 4.69) is 4.90 Å². The molecule has 1 aliphatic heterocycles. The average molecular weight is 554 g/mol. The number of carbonyl (C=O) groups is 1. The number of hydrogen-bond donors (Lipinski definition) is 0. The number of sulfone groups is 1. The zero-order valence-electron chi connectivity index (χ0n) is 19.5. The van der Waals surface area contributed by atoms with Crippen LogP contribution in [0.4, 0.5) is 5.13 Å². The van der Waals surface area contributed by atoms with Crippen molar-refractivity contribution in [3.8, 4) is 0 Å². The van der Waals surface area contributed by atoms with Gasteiger partial charge in [-0.1, -0.05) is 29.0 Å². The van der Waals surface area contributed by atoms with E-state index in [1.54, 1.807) is 28.8 Å². The van der Waals surface area contributed by atoms with Crippen LogP contribution in [-0.2, 0) is 19.4 Å². The van der Waals surface area contributed by atoms with Gasteiger partial charge in [-0.2, -0.15) is 0 Å². The predicted octanol–water partition coefficient (Wildman–Crippen LogP) is 4.59. The van der Waals surface area contributed by atoms with Crippen LogP contribution in [0.25, 0.3) is 10.2 Å². The molecule has 1 aromatic heterocycles.